The number of rotatable bonds is 9. The molecular formula is C19H25NO3. The fourth-order valence-electron chi connectivity index (χ4n) is 2.40. The molecule has 2 aromatic rings. The van der Waals surface area contributed by atoms with Crippen LogP contribution in [0.1, 0.15) is 48.7 Å². The topological polar surface area (TPSA) is 51.5 Å². The van der Waals surface area contributed by atoms with Gasteiger partial charge in [0.2, 0.25) is 0 Å². The second kappa shape index (κ2) is 9.16. The summed E-state index contributed by atoms with van der Waals surface area (Å²) in [5, 5.41) is 3.40. The maximum Gasteiger partial charge on any atom is 0.337 e. The fourth-order valence-corrected chi connectivity index (χ4v) is 2.40. The molecule has 0 bridgehead atoms. The van der Waals surface area contributed by atoms with E-state index in [9.17, 15) is 4.79 Å². The van der Waals surface area contributed by atoms with E-state index in [2.05, 4.69) is 12.2 Å². The Morgan fingerprint density at radius 1 is 1.09 bits per heavy atom. The van der Waals surface area contributed by atoms with Gasteiger partial charge in [-0.1, -0.05) is 38.3 Å². The summed E-state index contributed by atoms with van der Waals surface area (Å²) >= 11 is 0. The molecule has 1 aromatic heterocycles. The largest absolute Gasteiger partial charge is 0.465 e. The van der Waals surface area contributed by atoms with E-state index in [0.717, 1.165) is 30.2 Å². The van der Waals surface area contributed by atoms with Crippen molar-refractivity contribution in [2.24, 2.45) is 0 Å². The number of ether oxygens (including phenoxy) is 1. The molecule has 1 N–H and O–H groups in total. The minimum absolute atomic E-state index is 0.330. The number of benzene rings is 1. The van der Waals surface area contributed by atoms with Crippen molar-refractivity contribution in [2.75, 3.05) is 13.7 Å². The van der Waals surface area contributed by atoms with E-state index < -0.39 is 0 Å². The van der Waals surface area contributed by atoms with Gasteiger partial charge in [-0.05, 0) is 37.2 Å². The van der Waals surface area contributed by atoms with Gasteiger partial charge in [0, 0.05) is 5.56 Å². The molecule has 0 aliphatic heterocycles. The van der Waals surface area contributed by atoms with E-state index in [4.69, 9.17) is 9.15 Å². The van der Waals surface area contributed by atoms with Crippen molar-refractivity contribution in [3.05, 3.63) is 47.7 Å². The van der Waals surface area contributed by atoms with Crippen LogP contribution in [-0.4, -0.2) is 19.6 Å². The summed E-state index contributed by atoms with van der Waals surface area (Å²) in [6.45, 7) is 3.98. The zero-order chi connectivity index (χ0) is 16.5. The molecule has 1 aromatic carbocycles. The Balaban J connectivity index is 1.85. The van der Waals surface area contributed by atoms with Gasteiger partial charge in [0.25, 0.3) is 0 Å². The van der Waals surface area contributed by atoms with Gasteiger partial charge in [0.05, 0.1) is 19.2 Å². The van der Waals surface area contributed by atoms with E-state index in [1.54, 1.807) is 12.1 Å². The molecule has 4 heteroatoms. The quantitative estimate of drug-likeness (QED) is 0.550. The van der Waals surface area contributed by atoms with Gasteiger partial charge >= 0.3 is 5.97 Å². The Bertz CT molecular complexity index is 601. The predicted molar refractivity (Wildman–Crippen MR) is 91.3 cm³/mol. The Hall–Kier alpha value is -2.07. The molecule has 0 aliphatic carbocycles. The summed E-state index contributed by atoms with van der Waals surface area (Å²) in [5.41, 5.74) is 1.49. The number of furan rings is 1. The van der Waals surface area contributed by atoms with Crippen molar-refractivity contribution >= 4 is 5.97 Å². The molecule has 0 amide bonds. The van der Waals surface area contributed by atoms with Crippen LogP contribution >= 0.6 is 0 Å². The van der Waals surface area contributed by atoms with Gasteiger partial charge in [-0.3, -0.25) is 0 Å². The Kier molecular flexibility index (Phi) is 6.88. The zero-order valence-electron chi connectivity index (χ0n) is 13.9. The highest BCUT2D eigenvalue weighted by Crippen LogP contribution is 2.22. The van der Waals surface area contributed by atoms with Crippen LogP contribution in [0.15, 0.2) is 40.8 Å². The van der Waals surface area contributed by atoms with Crippen LogP contribution in [0, 0.1) is 0 Å². The van der Waals surface area contributed by atoms with Crippen molar-refractivity contribution in [3.8, 4) is 11.3 Å². The number of unbranched alkanes of at least 4 members (excludes halogenated alkanes) is 3. The minimum atomic E-state index is -0.330. The predicted octanol–water partition coefficient (Wildman–Crippen LogP) is 4.40. The molecule has 0 atom stereocenters. The first-order valence-corrected chi connectivity index (χ1v) is 8.22. The normalized spacial score (nSPS) is 10.7. The summed E-state index contributed by atoms with van der Waals surface area (Å²) in [5.74, 6) is 1.40. The molecule has 0 saturated heterocycles. The number of nitrogens with one attached hydrogen (secondary N) is 1. The van der Waals surface area contributed by atoms with Crippen LogP contribution < -0.4 is 5.32 Å². The molecule has 0 unspecified atom stereocenters. The van der Waals surface area contributed by atoms with Crippen molar-refractivity contribution in [3.63, 3.8) is 0 Å². The lowest BCUT2D eigenvalue weighted by Gasteiger charge is -2.03. The van der Waals surface area contributed by atoms with Gasteiger partial charge in [-0.25, -0.2) is 4.79 Å². The Morgan fingerprint density at radius 2 is 1.87 bits per heavy atom. The lowest BCUT2D eigenvalue weighted by molar-refractivity contribution is 0.0600. The maximum absolute atomic E-state index is 11.4. The van der Waals surface area contributed by atoms with Crippen LogP contribution in [0.3, 0.4) is 0 Å². The number of carbonyl (C=O) groups excluding carboxylic acids is 1. The summed E-state index contributed by atoms with van der Waals surface area (Å²) in [7, 11) is 1.38. The standard InChI is InChI=1S/C19H25NO3/c1-3-4-5-6-13-20-14-17-11-12-18(23-17)15-7-9-16(10-8-15)19(21)22-2/h7-12,20H,3-6,13-14H2,1-2H3. The van der Waals surface area contributed by atoms with E-state index in [0.29, 0.717) is 5.56 Å². The molecule has 2 rings (SSSR count). The maximum atomic E-state index is 11.4. The van der Waals surface area contributed by atoms with E-state index in [-0.39, 0.29) is 5.97 Å². The number of hydrogen-bond donors (Lipinski definition) is 1. The highest BCUT2D eigenvalue weighted by Gasteiger charge is 2.08. The fraction of sp³-hybridized carbons (Fsp3) is 0.421. The van der Waals surface area contributed by atoms with Crippen molar-refractivity contribution in [1.29, 1.82) is 0 Å². The first-order valence-electron chi connectivity index (χ1n) is 8.22. The first kappa shape index (κ1) is 17.3. The minimum Gasteiger partial charge on any atom is -0.465 e. The van der Waals surface area contributed by atoms with Gasteiger partial charge in [0.15, 0.2) is 0 Å². The Morgan fingerprint density at radius 3 is 2.57 bits per heavy atom. The van der Waals surface area contributed by atoms with Crippen molar-refractivity contribution < 1.29 is 13.9 Å². The molecule has 1 heterocycles. The third-order valence-corrected chi connectivity index (χ3v) is 3.76. The highest BCUT2D eigenvalue weighted by atomic mass is 16.5. The average molecular weight is 315 g/mol. The summed E-state index contributed by atoms with van der Waals surface area (Å²) in [6.07, 6.45) is 5.04. The summed E-state index contributed by atoms with van der Waals surface area (Å²) in [6, 6.07) is 11.2. The van der Waals surface area contributed by atoms with E-state index >= 15 is 0 Å². The number of carbonyl (C=O) groups is 1. The van der Waals surface area contributed by atoms with Crippen LogP contribution in [0.5, 0.6) is 0 Å². The summed E-state index contributed by atoms with van der Waals surface area (Å²) in [4.78, 5) is 11.4. The Labute approximate surface area is 137 Å². The SMILES string of the molecule is CCCCCCNCc1ccc(-c2ccc(C(=O)OC)cc2)o1. The average Bonchev–Trinajstić information content (AvgIpc) is 3.06. The molecule has 4 nitrogen and oxygen atoms in total. The lowest BCUT2D eigenvalue weighted by atomic mass is 10.1. The monoisotopic (exact) mass is 315 g/mol. The van der Waals surface area contributed by atoms with Gasteiger partial charge in [-0.15, -0.1) is 0 Å². The third-order valence-electron chi connectivity index (χ3n) is 3.76. The molecule has 0 saturated carbocycles. The van der Waals surface area contributed by atoms with Crippen molar-refractivity contribution in [2.45, 2.75) is 39.2 Å². The van der Waals surface area contributed by atoms with Crippen LogP contribution in [0.25, 0.3) is 11.3 Å². The van der Waals surface area contributed by atoms with Crippen LogP contribution in [-0.2, 0) is 11.3 Å². The third kappa shape index (κ3) is 5.25. The molecule has 0 radical (unpaired) electrons. The smallest absolute Gasteiger partial charge is 0.337 e. The van der Waals surface area contributed by atoms with Gasteiger partial charge < -0.3 is 14.5 Å². The lowest BCUT2D eigenvalue weighted by Crippen LogP contribution is -2.14. The molecule has 23 heavy (non-hydrogen) atoms. The summed E-state index contributed by atoms with van der Waals surface area (Å²) < 4.78 is 10.5. The van der Waals surface area contributed by atoms with Crippen LogP contribution in [0.2, 0.25) is 0 Å². The number of methoxy groups -OCH3 is 1. The number of hydrogen-bond acceptors (Lipinski definition) is 4. The second-order valence-corrected chi connectivity index (χ2v) is 5.57. The molecule has 0 spiro atoms. The molecule has 0 aliphatic rings. The number of esters is 1. The van der Waals surface area contributed by atoms with Crippen LogP contribution in [0.4, 0.5) is 0 Å². The highest BCUT2D eigenvalue weighted by molar-refractivity contribution is 5.89. The van der Waals surface area contributed by atoms with Gasteiger partial charge in [0.1, 0.15) is 11.5 Å². The molecule has 0 fully saturated rings. The molecule has 124 valence electrons. The van der Waals surface area contributed by atoms with E-state index in [1.807, 2.05) is 24.3 Å². The zero-order valence-corrected chi connectivity index (χ0v) is 13.9. The first-order chi connectivity index (χ1) is 11.2. The second-order valence-electron chi connectivity index (χ2n) is 5.57. The van der Waals surface area contributed by atoms with Gasteiger partial charge in [-0.2, -0.15) is 0 Å². The molecular weight excluding hydrogens is 290 g/mol. The van der Waals surface area contributed by atoms with Crippen molar-refractivity contribution in [1.82, 2.24) is 5.32 Å². The van der Waals surface area contributed by atoms with E-state index in [1.165, 1.54) is 32.8 Å².